The number of benzene rings is 1. The van der Waals surface area contributed by atoms with E-state index in [1.165, 1.54) is 30.3 Å². The molecule has 0 spiro atoms. The summed E-state index contributed by atoms with van der Waals surface area (Å²) in [6, 6.07) is 11.8. The number of aromatic nitrogens is 2. The number of pyridine rings is 2. The molecule has 10 heteroatoms. The summed E-state index contributed by atoms with van der Waals surface area (Å²) in [5.41, 5.74) is 1.07. The van der Waals surface area contributed by atoms with Crippen LogP contribution >= 0.6 is 0 Å². The summed E-state index contributed by atoms with van der Waals surface area (Å²) in [6.07, 6.45) is 2.41. The van der Waals surface area contributed by atoms with Crippen LogP contribution in [0.1, 0.15) is 65.9 Å². The standard InChI is InChI=1S/C29H34FN3O5S.2H2/c1-18(2)17-37-22-15-20(14-21(30)16-22)24-12-11-23(28(32-24)38-25-9-7-13-29(25,4)5)27(34)33-39(35,36)26-10-6-8-19(3)31-26;;/h6,8,10-12,14-16,18,25H,7,9,13,17H2,1-5H3,(H,33,34);2*1H. The van der Waals surface area contributed by atoms with Gasteiger partial charge in [0, 0.05) is 25.6 Å². The van der Waals surface area contributed by atoms with Gasteiger partial charge in [-0.15, -0.1) is 0 Å². The minimum absolute atomic E-state index is 0. The molecule has 1 aliphatic carbocycles. The smallest absolute Gasteiger partial charge is 0.281 e. The van der Waals surface area contributed by atoms with E-state index >= 15 is 0 Å². The van der Waals surface area contributed by atoms with Crippen LogP contribution in [0.4, 0.5) is 4.39 Å². The fraction of sp³-hybridized carbons (Fsp3) is 0.414. The van der Waals surface area contributed by atoms with Crippen molar-refractivity contribution in [3.63, 3.8) is 0 Å². The molecule has 1 saturated carbocycles. The molecule has 0 bridgehead atoms. The first kappa shape index (κ1) is 28.5. The molecule has 39 heavy (non-hydrogen) atoms. The number of carbonyl (C=O) groups is 1. The highest BCUT2D eigenvalue weighted by atomic mass is 32.2. The first-order valence-electron chi connectivity index (χ1n) is 13.0. The van der Waals surface area contributed by atoms with E-state index < -0.39 is 21.7 Å². The Morgan fingerprint density at radius 3 is 2.62 bits per heavy atom. The van der Waals surface area contributed by atoms with Crippen molar-refractivity contribution in [1.82, 2.24) is 14.7 Å². The quantitative estimate of drug-likeness (QED) is 0.333. The number of rotatable bonds is 9. The summed E-state index contributed by atoms with van der Waals surface area (Å²) in [4.78, 5) is 21.8. The number of ether oxygens (including phenoxy) is 2. The van der Waals surface area contributed by atoms with Gasteiger partial charge in [-0.2, -0.15) is 8.42 Å². The van der Waals surface area contributed by atoms with Crippen molar-refractivity contribution >= 4 is 15.9 Å². The number of aryl methyl sites for hydroxylation is 1. The van der Waals surface area contributed by atoms with Crippen molar-refractivity contribution in [3.8, 4) is 22.9 Å². The minimum atomic E-state index is -4.24. The van der Waals surface area contributed by atoms with Crippen molar-refractivity contribution in [1.29, 1.82) is 0 Å². The van der Waals surface area contributed by atoms with Crippen molar-refractivity contribution < 1.29 is 29.9 Å². The van der Waals surface area contributed by atoms with Crippen molar-refractivity contribution in [3.05, 3.63) is 65.6 Å². The molecule has 1 aliphatic rings. The molecule has 1 unspecified atom stereocenters. The van der Waals surface area contributed by atoms with Gasteiger partial charge in [0.25, 0.3) is 15.9 Å². The SMILES string of the molecule is Cc1cccc(S(=O)(=O)NC(=O)c2ccc(-c3cc(F)cc(OCC(C)C)c3)nc2OC2CCCC2(C)C)n1.[HH].[HH]. The maximum absolute atomic E-state index is 14.5. The fourth-order valence-electron chi connectivity index (χ4n) is 4.47. The summed E-state index contributed by atoms with van der Waals surface area (Å²) >= 11 is 0. The Hall–Kier alpha value is -3.53. The zero-order valence-electron chi connectivity index (χ0n) is 22.8. The second-order valence-electron chi connectivity index (χ2n) is 11.0. The lowest BCUT2D eigenvalue weighted by molar-refractivity contribution is 0.0898. The van der Waals surface area contributed by atoms with Gasteiger partial charge in [-0.3, -0.25) is 4.79 Å². The highest BCUT2D eigenvalue weighted by Gasteiger charge is 2.37. The van der Waals surface area contributed by atoms with E-state index in [0.717, 1.165) is 19.3 Å². The maximum Gasteiger partial charge on any atom is 0.281 e. The number of nitrogens with zero attached hydrogens (tertiary/aromatic N) is 2. The van der Waals surface area contributed by atoms with Crippen LogP contribution in [0.2, 0.25) is 0 Å². The number of amides is 1. The van der Waals surface area contributed by atoms with Crippen molar-refractivity contribution in [2.45, 2.75) is 65.0 Å². The van der Waals surface area contributed by atoms with Gasteiger partial charge in [-0.1, -0.05) is 33.8 Å². The van der Waals surface area contributed by atoms with E-state index in [0.29, 0.717) is 29.3 Å². The van der Waals surface area contributed by atoms with Crippen LogP contribution in [0.5, 0.6) is 11.6 Å². The van der Waals surface area contributed by atoms with Gasteiger partial charge >= 0.3 is 0 Å². The van der Waals surface area contributed by atoms with Gasteiger partial charge < -0.3 is 9.47 Å². The highest BCUT2D eigenvalue weighted by Crippen LogP contribution is 2.40. The van der Waals surface area contributed by atoms with E-state index in [4.69, 9.17) is 9.47 Å². The Bertz CT molecular complexity index is 1490. The molecule has 2 heterocycles. The van der Waals surface area contributed by atoms with Crippen molar-refractivity contribution in [2.24, 2.45) is 11.3 Å². The number of sulfonamides is 1. The third kappa shape index (κ3) is 6.92. The van der Waals surface area contributed by atoms with E-state index in [-0.39, 0.29) is 36.8 Å². The number of halogens is 1. The molecule has 1 aromatic carbocycles. The molecular weight excluding hydrogens is 521 g/mol. The zero-order valence-corrected chi connectivity index (χ0v) is 23.6. The topological polar surface area (TPSA) is 107 Å². The van der Waals surface area contributed by atoms with E-state index in [9.17, 15) is 17.6 Å². The van der Waals surface area contributed by atoms with E-state index in [1.54, 1.807) is 25.1 Å². The average Bonchev–Trinajstić information content (AvgIpc) is 3.19. The Morgan fingerprint density at radius 1 is 1.18 bits per heavy atom. The van der Waals surface area contributed by atoms with Crippen LogP contribution in [0, 0.1) is 24.1 Å². The van der Waals surface area contributed by atoms with Gasteiger partial charge in [-0.25, -0.2) is 19.1 Å². The normalized spacial score (nSPS) is 16.7. The molecule has 1 amide bonds. The molecular formula is C29H38FN3O5S. The molecule has 1 N–H and O–H groups in total. The highest BCUT2D eigenvalue weighted by molar-refractivity contribution is 7.90. The van der Waals surface area contributed by atoms with Gasteiger partial charge in [-0.05, 0) is 68.5 Å². The largest absolute Gasteiger partial charge is 0.493 e. The molecule has 3 aromatic rings. The van der Waals surface area contributed by atoms with E-state index in [2.05, 4.69) is 28.5 Å². The third-order valence-corrected chi connectivity index (χ3v) is 7.87. The minimum Gasteiger partial charge on any atom is -0.493 e. The van der Waals surface area contributed by atoms with Crippen molar-refractivity contribution in [2.75, 3.05) is 6.61 Å². The maximum atomic E-state index is 14.5. The molecule has 1 fully saturated rings. The second kappa shape index (κ2) is 11.3. The van der Waals surface area contributed by atoms with Crippen LogP contribution in [-0.2, 0) is 10.0 Å². The number of hydrogen-bond acceptors (Lipinski definition) is 7. The predicted molar refractivity (Wildman–Crippen MR) is 150 cm³/mol. The van der Waals surface area contributed by atoms with Gasteiger partial charge in [0.1, 0.15) is 23.2 Å². The lowest BCUT2D eigenvalue weighted by Crippen LogP contribution is -2.33. The van der Waals surface area contributed by atoms with Crippen LogP contribution in [0.3, 0.4) is 0 Å². The summed E-state index contributed by atoms with van der Waals surface area (Å²) in [5, 5.41) is -0.270. The molecule has 0 saturated heterocycles. The third-order valence-electron chi connectivity index (χ3n) is 6.63. The van der Waals surface area contributed by atoms with Gasteiger partial charge in [0.05, 0.1) is 12.3 Å². The van der Waals surface area contributed by atoms with Crippen LogP contribution < -0.4 is 14.2 Å². The number of carbonyl (C=O) groups excluding carboxylic acids is 1. The fourth-order valence-corrected chi connectivity index (χ4v) is 5.45. The van der Waals surface area contributed by atoms with E-state index in [1.807, 2.05) is 13.8 Å². The van der Waals surface area contributed by atoms with Gasteiger partial charge in [0.15, 0.2) is 5.03 Å². The van der Waals surface area contributed by atoms with Crippen LogP contribution in [0.15, 0.2) is 53.6 Å². The van der Waals surface area contributed by atoms with Crippen LogP contribution in [0.25, 0.3) is 11.3 Å². The molecule has 1 atom stereocenters. The number of hydrogen-bond donors (Lipinski definition) is 1. The molecule has 0 radical (unpaired) electrons. The monoisotopic (exact) mass is 559 g/mol. The lowest BCUT2D eigenvalue weighted by atomic mass is 9.89. The summed E-state index contributed by atoms with van der Waals surface area (Å²) in [7, 11) is -4.24. The molecule has 4 rings (SSSR count). The first-order valence-corrected chi connectivity index (χ1v) is 14.4. The average molecular weight is 560 g/mol. The molecule has 2 aromatic heterocycles. The Balaban J connectivity index is 0.00000294. The second-order valence-corrected chi connectivity index (χ2v) is 12.6. The van der Waals surface area contributed by atoms with Gasteiger partial charge in [0.2, 0.25) is 5.88 Å². The predicted octanol–water partition coefficient (Wildman–Crippen LogP) is 6.19. The zero-order chi connectivity index (χ0) is 28.4. The molecule has 0 aliphatic heterocycles. The first-order chi connectivity index (χ1) is 18.3. The molecule has 212 valence electrons. The Kier molecular flexibility index (Phi) is 8.25. The summed E-state index contributed by atoms with van der Waals surface area (Å²) < 4.78 is 54.3. The summed E-state index contributed by atoms with van der Waals surface area (Å²) in [5.74, 6) is -0.798. The summed E-state index contributed by atoms with van der Waals surface area (Å²) in [6.45, 7) is 10.2. The van der Waals surface area contributed by atoms with Crippen LogP contribution in [-0.4, -0.2) is 37.0 Å². The Morgan fingerprint density at radius 2 is 1.95 bits per heavy atom. The Labute approximate surface area is 232 Å². The lowest BCUT2D eigenvalue weighted by Gasteiger charge is -2.28. The number of nitrogens with one attached hydrogen (secondary N) is 1. The molecule has 8 nitrogen and oxygen atoms in total.